The summed E-state index contributed by atoms with van der Waals surface area (Å²) in [5.41, 5.74) is -7.22. The second kappa shape index (κ2) is 11.3. The molecule has 1 unspecified atom stereocenters. The van der Waals surface area contributed by atoms with Crippen LogP contribution < -0.4 is 5.32 Å². The van der Waals surface area contributed by atoms with Gasteiger partial charge in [-0.2, -0.15) is 26.3 Å². The van der Waals surface area contributed by atoms with Crippen LogP contribution in [-0.4, -0.2) is 48.9 Å². The van der Waals surface area contributed by atoms with Crippen LogP contribution in [0.1, 0.15) is 41.5 Å². The van der Waals surface area contributed by atoms with Gasteiger partial charge in [-0.15, -0.1) is 0 Å². The normalized spacial score (nSPS) is 22.8. The second-order valence-electron chi connectivity index (χ2n) is 11.2. The molecule has 6 nitrogen and oxygen atoms in total. The molecule has 0 spiro atoms. The number of aliphatic hydroxyl groups is 1. The first-order valence-electron chi connectivity index (χ1n) is 13.8. The van der Waals surface area contributed by atoms with Crippen LogP contribution in [0.5, 0.6) is 0 Å². The number of halogens is 8. The van der Waals surface area contributed by atoms with Crippen molar-refractivity contribution in [2.45, 2.75) is 71.9 Å². The van der Waals surface area contributed by atoms with E-state index >= 15 is 0 Å². The molecule has 5 rings (SSSR count). The quantitative estimate of drug-likeness (QED) is 0.253. The van der Waals surface area contributed by atoms with Gasteiger partial charge in [-0.05, 0) is 78.8 Å². The van der Waals surface area contributed by atoms with Gasteiger partial charge in [0.1, 0.15) is 16.7 Å². The summed E-state index contributed by atoms with van der Waals surface area (Å²) in [5.74, 6) is -2.52. The number of aliphatic hydroxyl groups excluding tert-OH is 1. The Hall–Kier alpha value is -3.59. The molecule has 2 aliphatic carbocycles. The minimum Gasteiger partial charge on any atom is -0.383 e. The molecule has 0 saturated heterocycles. The van der Waals surface area contributed by atoms with E-state index in [1.807, 2.05) is 0 Å². The smallest absolute Gasteiger partial charge is 0.383 e. The Morgan fingerprint density at radius 3 is 2.18 bits per heavy atom. The molecule has 0 aliphatic heterocycles. The van der Waals surface area contributed by atoms with Crippen molar-refractivity contribution in [3.8, 4) is 0 Å². The third-order valence-electron chi connectivity index (χ3n) is 8.79. The summed E-state index contributed by atoms with van der Waals surface area (Å²) in [4.78, 5) is 16.5. The number of aromatic nitrogens is 1. The lowest BCUT2D eigenvalue weighted by Crippen LogP contribution is -2.52. The van der Waals surface area contributed by atoms with Crippen molar-refractivity contribution in [2.24, 2.45) is 5.92 Å². The fourth-order valence-corrected chi connectivity index (χ4v) is 9.14. The summed E-state index contributed by atoms with van der Waals surface area (Å²) >= 11 is 0. The summed E-state index contributed by atoms with van der Waals surface area (Å²) < 4.78 is 137. The highest BCUT2D eigenvalue weighted by Gasteiger charge is 2.73. The first kappa shape index (κ1) is 32.8. The zero-order chi connectivity index (χ0) is 33.0. The Bertz CT molecular complexity index is 1670. The van der Waals surface area contributed by atoms with Crippen molar-refractivity contribution in [2.75, 3.05) is 0 Å². The molecule has 15 heteroatoms. The molecule has 1 saturated carbocycles. The van der Waals surface area contributed by atoms with Gasteiger partial charge >= 0.3 is 18.0 Å². The van der Waals surface area contributed by atoms with E-state index in [2.05, 4.69) is 10.3 Å². The summed E-state index contributed by atoms with van der Waals surface area (Å²) in [7, 11) is -4.56. The van der Waals surface area contributed by atoms with Gasteiger partial charge in [-0.1, -0.05) is 18.2 Å². The zero-order valence-corrected chi connectivity index (χ0v) is 24.0. The molecule has 1 fully saturated rings. The topological polar surface area (TPSA) is 96.4 Å². The van der Waals surface area contributed by atoms with Crippen molar-refractivity contribution >= 4 is 15.7 Å². The number of amides is 1. The van der Waals surface area contributed by atoms with Crippen LogP contribution >= 0.6 is 0 Å². The van der Waals surface area contributed by atoms with E-state index in [4.69, 9.17) is 0 Å². The number of fused-ring (bicyclic) bond motifs is 3. The lowest BCUT2D eigenvalue weighted by molar-refractivity contribution is -0.348. The van der Waals surface area contributed by atoms with Crippen LogP contribution in [0, 0.1) is 11.7 Å². The monoisotopic (exact) mass is 662 g/mol. The predicted octanol–water partition coefficient (Wildman–Crippen LogP) is 5.62. The summed E-state index contributed by atoms with van der Waals surface area (Å²) in [6, 6.07) is 7.51. The van der Waals surface area contributed by atoms with Crippen molar-refractivity contribution in [1.29, 1.82) is 0 Å². The third-order valence-corrected chi connectivity index (χ3v) is 11.4. The van der Waals surface area contributed by atoms with Gasteiger partial charge in [-0.3, -0.25) is 9.78 Å². The summed E-state index contributed by atoms with van der Waals surface area (Å²) in [6.07, 6.45) is -12.0. The maximum Gasteiger partial charge on any atom is 0.435 e. The number of alkyl halides is 7. The number of carbonyl (C=O) groups is 1. The number of pyridine rings is 1. The van der Waals surface area contributed by atoms with Gasteiger partial charge in [0.25, 0.3) is 0 Å². The molecule has 3 aromatic rings. The summed E-state index contributed by atoms with van der Waals surface area (Å²) in [5, 5.41) is 13.2. The molecule has 2 N–H and O–H groups in total. The van der Waals surface area contributed by atoms with Crippen LogP contribution in [0.4, 0.5) is 35.1 Å². The number of nitrogens with one attached hydrogen (secondary N) is 1. The third kappa shape index (κ3) is 5.37. The van der Waals surface area contributed by atoms with Gasteiger partial charge in [-0.25, -0.2) is 17.2 Å². The molecule has 4 atom stereocenters. The maximum atomic E-state index is 15.0. The standard InChI is InChI=1S/C30H26F8N2O4S/c31-20-3-5-21(6-4-20)45(43,44)27-12-9-24(40-26(42)25(41)15-17-10-13-39-14-11-17)23(27)7-1-18-16-19(2-8-22(18)27)28(32,29(33,34)35)30(36,37)38/h2-6,8,10-11,13-14,16,23-25,41H,1,7,9,12,15H2,(H,40,42)/t23-,24+,25?,27+/m0/s1. The predicted molar refractivity (Wildman–Crippen MR) is 144 cm³/mol. The minimum atomic E-state index is -6.37. The molecular weight excluding hydrogens is 636 g/mol. The van der Waals surface area contributed by atoms with E-state index in [0.29, 0.717) is 11.6 Å². The first-order chi connectivity index (χ1) is 20.9. The van der Waals surface area contributed by atoms with Crippen LogP contribution in [-0.2, 0) is 37.9 Å². The number of rotatable bonds is 7. The number of sulfone groups is 1. The Morgan fingerprint density at radius 2 is 1.58 bits per heavy atom. The van der Waals surface area contributed by atoms with Gasteiger partial charge in [0, 0.05) is 36.3 Å². The number of hydrogen-bond acceptors (Lipinski definition) is 5. The van der Waals surface area contributed by atoms with Crippen LogP contribution in [0.3, 0.4) is 0 Å². The van der Waals surface area contributed by atoms with Crippen molar-refractivity contribution < 1.29 is 53.4 Å². The molecule has 2 aliphatic rings. The molecule has 0 radical (unpaired) electrons. The number of carbonyl (C=O) groups excluding carboxylic acids is 1. The number of benzene rings is 2. The Labute approximate surface area is 252 Å². The molecule has 0 bridgehead atoms. The van der Waals surface area contributed by atoms with Crippen molar-refractivity contribution in [3.05, 3.63) is 95.1 Å². The van der Waals surface area contributed by atoms with Gasteiger partial charge < -0.3 is 10.4 Å². The maximum absolute atomic E-state index is 15.0. The summed E-state index contributed by atoms with van der Waals surface area (Å²) in [6.45, 7) is 0. The van der Waals surface area contributed by atoms with E-state index in [-0.39, 0.29) is 54.2 Å². The molecule has 242 valence electrons. The zero-order valence-electron chi connectivity index (χ0n) is 23.2. The molecule has 1 amide bonds. The average molecular weight is 663 g/mol. The SMILES string of the molecule is O=C(N[C@@H]1CC[C@@]2(S(=O)(=O)c3ccc(F)cc3)c3ccc(C(F)(C(F)(F)F)C(F)(F)F)cc3CC[C@@H]12)C(O)Cc1ccncc1. The highest BCUT2D eigenvalue weighted by atomic mass is 32.2. The lowest BCUT2D eigenvalue weighted by Gasteiger charge is -2.43. The van der Waals surface area contributed by atoms with Crippen LogP contribution in [0.15, 0.2) is 71.9 Å². The molecule has 1 aromatic heterocycles. The van der Waals surface area contributed by atoms with E-state index in [9.17, 15) is 53.4 Å². The van der Waals surface area contributed by atoms with E-state index in [1.54, 1.807) is 12.1 Å². The molecular formula is C30H26F8N2O4S. The number of nitrogens with zero attached hydrogens (tertiary/aromatic N) is 1. The molecule has 1 heterocycles. The minimum absolute atomic E-state index is 0.0121. The molecule has 45 heavy (non-hydrogen) atoms. The molecule has 2 aromatic carbocycles. The van der Waals surface area contributed by atoms with Crippen LogP contribution in [0.2, 0.25) is 0 Å². The highest BCUT2D eigenvalue weighted by Crippen LogP contribution is 2.59. The van der Waals surface area contributed by atoms with Crippen LogP contribution in [0.25, 0.3) is 0 Å². The Kier molecular flexibility index (Phi) is 8.26. The largest absolute Gasteiger partial charge is 0.435 e. The highest BCUT2D eigenvalue weighted by molar-refractivity contribution is 7.92. The van der Waals surface area contributed by atoms with E-state index in [0.717, 1.165) is 30.3 Å². The van der Waals surface area contributed by atoms with Crippen molar-refractivity contribution in [3.63, 3.8) is 0 Å². The van der Waals surface area contributed by atoms with Crippen molar-refractivity contribution in [1.82, 2.24) is 10.3 Å². The fraction of sp³-hybridized carbons (Fsp3) is 0.400. The van der Waals surface area contributed by atoms with Gasteiger partial charge in [0.05, 0.1) is 4.90 Å². The lowest BCUT2D eigenvalue weighted by atomic mass is 9.74. The first-order valence-corrected chi connectivity index (χ1v) is 15.3. The second-order valence-corrected chi connectivity index (χ2v) is 13.5. The van der Waals surface area contributed by atoms with Gasteiger partial charge in [0.2, 0.25) is 5.91 Å². The van der Waals surface area contributed by atoms with E-state index in [1.165, 1.54) is 12.4 Å². The van der Waals surface area contributed by atoms with Gasteiger partial charge in [0.15, 0.2) is 9.84 Å². The Balaban J connectivity index is 1.58. The fourth-order valence-electron chi connectivity index (χ4n) is 6.67. The number of aryl methyl sites for hydroxylation is 1. The average Bonchev–Trinajstić information content (AvgIpc) is 3.36. The van der Waals surface area contributed by atoms with E-state index < -0.39 is 68.0 Å². The Morgan fingerprint density at radius 1 is 0.956 bits per heavy atom. The number of hydrogen-bond donors (Lipinski definition) is 2.